The van der Waals surface area contributed by atoms with Crippen molar-refractivity contribution in [2.75, 3.05) is 19.6 Å². The lowest BCUT2D eigenvalue weighted by Gasteiger charge is -2.28. The predicted octanol–water partition coefficient (Wildman–Crippen LogP) is 1.17. The van der Waals surface area contributed by atoms with Gasteiger partial charge in [0.1, 0.15) is 11.0 Å². The average molecular weight is 359 g/mol. The van der Waals surface area contributed by atoms with E-state index in [4.69, 9.17) is 4.63 Å². The molecule has 2 atom stereocenters. The van der Waals surface area contributed by atoms with Crippen molar-refractivity contribution in [1.82, 2.24) is 25.4 Å². The van der Waals surface area contributed by atoms with E-state index in [-0.39, 0.29) is 23.9 Å². The van der Waals surface area contributed by atoms with Crippen LogP contribution in [-0.2, 0) is 16.1 Å². The normalized spacial score (nSPS) is 20.4. The molecule has 1 N–H and O–H groups in total. The first-order valence-electron chi connectivity index (χ1n) is 9.03. The summed E-state index contributed by atoms with van der Waals surface area (Å²) in [6.45, 7) is 7.99. The molecule has 0 spiro atoms. The minimum atomic E-state index is -0.262. The van der Waals surface area contributed by atoms with Gasteiger partial charge < -0.3 is 10.2 Å². The molecular weight excluding hydrogens is 334 g/mol. The molecule has 1 fully saturated rings. The smallest absolute Gasteiger partial charge is 0.240 e. The van der Waals surface area contributed by atoms with Gasteiger partial charge >= 0.3 is 0 Å². The second-order valence-corrected chi connectivity index (χ2v) is 6.64. The molecule has 26 heavy (non-hydrogen) atoms. The minimum Gasteiger partial charge on any atom is -0.352 e. The number of amides is 2. The number of fused-ring (bicyclic) bond motifs is 1. The summed E-state index contributed by atoms with van der Waals surface area (Å²) < 4.78 is 4.84. The zero-order valence-corrected chi connectivity index (χ0v) is 15.4. The Morgan fingerprint density at radius 2 is 2.08 bits per heavy atom. The summed E-state index contributed by atoms with van der Waals surface area (Å²) in [6, 6.07) is 5.42. The lowest BCUT2D eigenvalue weighted by Crippen LogP contribution is -2.45. The number of nitrogens with zero attached hydrogens (tertiary/aromatic N) is 4. The van der Waals surface area contributed by atoms with Gasteiger partial charge in [0.25, 0.3) is 0 Å². The molecule has 1 aromatic heterocycles. The molecule has 1 aromatic carbocycles. The van der Waals surface area contributed by atoms with E-state index in [1.165, 1.54) is 6.92 Å². The Morgan fingerprint density at radius 1 is 1.31 bits per heavy atom. The van der Waals surface area contributed by atoms with Gasteiger partial charge in [-0.1, -0.05) is 12.1 Å². The number of hydrogen-bond acceptors (Lipinski definition) is 6. The first kappa shape index (κ1) is 18.3. The second-order valence-electron chi connectivity index (χ2n) is 6.64. The number of aromatic nitrogens is 2. The van der Waals surface area contributed by atoms with Crippen molar-refractivity contribution in [3.8, 4) is 0 Å². The van der Waals surface area contributed by atoms with E-state index >= 15 is 0 Å². The van der Waals surface area contributed by atoms with Crippen LogP contribution in [0.2, 0.25) is 0 Å². The zero-order valence-electron chi connectivity index (χ0n) is 15.4. The summed E-state index contributed by atoms with van der Waals surface area (Å²) in [6.07, 6.45) is 0.613. The van der Waals surface area contributed by atoms with Crippen molar-refractivity contribution in [3.63, 3.8) is 0 Å². The molecule has 1 saturated heterocycles. The Kier molecular flexibility index (Phi) is 5.51. The highest BCUT2D eigenvalue weighted by molar-refractivity contribution is 5.83. The number of hydrogen-bond donors (Lipinski definition) is 1. The van der Waals surface area contributed by atoms with Crippen LogP contribution in [0, 0.1) is 0 Å². The van der Waals surface area contributed by atoms with Crippen molar-refractivity contribution in [2.24, 2.45) is 0 Å². The summed E-state index contributed by atoms with van der Waals surface area (Å²) in [5, 5.41) is 10.8. The third kappa shape index (κ3) is 3.70. The standard InChI is InChI=1S/C18H25N5O3/c1-4-22(5-2)18(25)16-9-14(19-12(3)24)11-23(16)10-13-7-6-8-15-17(13)21-26-20-15/h6-8,14,16H,4-5,9-11H2,1-3H3,(H,19,24)/t14-,16+/m1/s1. The highest BCUT2D eigenvalue weighted by atomic mass is 16.6. The van der Waals surface area contributed by atoms with Crippen LogP contribution in [0.1, 0.15) is 32.8 Å². The maximum absolute atomic E-state index is 13.0. The van der Waals surface area contributed by atoms with Gasteiger partial charge in [-0.3, -0.25) is 14.5 Å². The van der Waals surface area contributed by atoms with E-state index in [0.717, 1.165) is 5.56 Å². The number of likely N-dealkylation sites (tertiary alicyclic amines) is 1. The quantitative estimate of drug-likeness (QED) is 0.832. The van der Waals surface area contributed by atoms with Gasteiger partial charge in [0.05, 0.1) is 6.04 Å². The van der Waals surface area contributed by atoms with Gasteiger partial charge in [-0.15, -0.1) is 0 Å². The third-order valence-electron chi connectivity index (χ3n) is 4.91. The number of likely N-dealkylation sites (N-methyl/N-ethyl adjacent to an activating group) is 1. The SMILES string of the molecule is CCN(CC)C(=O)[C@@H]1C[C@@H](NC(C)=O)CN1Cc1cccc2nonc12. The van der Waals surface area contributed by atoms with E-state index in [0.29, 0.717) is 43.6 Å². The van der Waals surface area contributed by atoms with Crippen molar-refractivity contribution in [1.29, 1.82) is 0 Å². The monoisotopic (exact) mass is 359 g/mol. The highest BCUT2D eigenvalue weighted by Gasteiger charge is 2.38. The molecule has 140 valence electrons. The molecule has 0 radical (unpaired) electrons. The van der Waals surface area contributed by atoms with Crippen molar-refractivity contribution in [2.45, 2.75) is 45.8 Å². The molecule has 8 heteroatoms. The number of benzene rings is 1. The highest BCUT2D eigenvalue weighted by Crippen LogP contribution is 2.25. The van der Waals surface area contributed by atoms with Crippen LogP contribution >= 0.6 is 0 Å². The van der Waals surface area contributed by atoms with Crippen LogP contribution in [-0.4, -0.2) is 63.6 Å². The van der Waals surface area contributed by atoms with Gasteiger partial charge in [-0.05, 0) is 42.2 Å². The summed E-state index contributed by atoms with van der Waals surface area (Å²) in [7, 11) is 0. The topological polar surface area (TPSA) is 91.6 Å². The first-order valence-corrected chi connectivity index (χ1v) is 9.03. The molecule has 2 heterocycles. The molecule has 2 amide bonds. The molecule has 1 aliphatic heterocycles. The summed E-state index contributed by atoms with van der Waals surface area (Å²) >= 11 is 0. The van der Waals surface area contributed by atoms with Crippen LogP contribution in [0.25, 0.3) is 11.0 Å². The zero-order chi connectivity index (χ0) is 18.7. The van der Waals surface area contributed by atoms with Gasteiger partial charge in [-0.2, -0.15) is 0 Å². The Bertz CT molecular complexity index is 786. The first-order chi connectivity index (χ1) is 12.5. The Balaban J connectivity index is 1.84. The van der Waals surface area contributed by atoms with E-state index < -0.39 is 0 Å². The van der Waals surface area contributed by atoms with Gasteiger partial charge in [-0.25, -0.2) is 4.63 Å². The molecule has 2 aromatic rings. The molecule has 0 aliphatic carbocycles. The molecule has 0 saturated carbocycles. The maximum Gasteiger partial charge on any atom is 0.240 e. The van der Waals surface area contributed by atoms with Crippen LogP contribution in [0.5, 0.6) is 0 Å². The third-order valence-corrected chi connectivity index (χ3v) is 4.91. The van der Waals surface area contributed by atoms with Gasteiger partial charge in [0.2, 0.25) is 11.8 Å². The lowest BCUT2D eigenvalue weighted by atomic mass is 10.1. The van der Waals surface area contributed by atoms with Gasteiger partial charge in [0, 0.05) is 39.1 Å². The molecule has 3 rings (SSSR count). The number of carbonyl (C=O) groups excluding carboxylic acids is 2. The number of nitrogens with one attached hydrogen (secondary N) is 1. The lowest BCUT2D eigenvalue weighted by molar-refractivity contribution is -0.135. The van der Waals surface area contributed by atoms with E-state index in [1.54, 1.807) is 0 Å². The Morgan fingerprint density at radius 3 is 2.77 bits per heavy atom. The second kappa shape index (κ2) is 7.82. The van der Waals surface area contributed by atoms with Crippen molar-refractivity contribution in [3.05, 3.63) is 23.8 Å². The number of carbonyl (C=O) groups is 2. The summed E-state index contributed by atoms with van der Waals surface area (Å²) in [4.78, 5) is 28.4. The molecule has 0 bridgehead atoms. The van der Waals surface area contributed by atoms with E-state index in [1.807, 2.05) is 36.9 Å². The fraction of sp³-hybridized carbons (Fsp3) is 0.556. The van der Waals surface area contributed by atoms with Gasteiger partial charge in [0.15, 0.2) is 0 Å². The van der Waals surface area contributed by atoms with Crippen molar-refractivity contribution >= 4 is 22.8 Å². The van der Waals surface area contributed by atoms with Crippen molar-refractivity contribution < 1.29 is 14.2 Å². The van der Waals surface area contributed by atoms with E-state index in [9.17, 15) is 9.59 Å². The molecule has 8 nitrogen and oxygen atoms in total. The van der Waals surface area contributed by atoms with Crippen LogP contribution < -0.4 is 5.32 Å². The van der Waals surface area contributed by atoms with Crippen LogP contribution in [0.3, 0.4) is 0 Å². The average Bonchev–Trinajstić information content (AvgIpc) is 3.23. The summed E-state index contributed by atoms with van der Waals surface area (Å²) in [5.74, 6) is 0.0296. The maximum atomic E-state index is 13.0. The predicted molar refractivity (Wildman–Crippen MR) is 96.2 cm³/mol. The molecular formula is C18H25N5O3. The van der Waals surface area contributed by atoms with Crippen LogP contribution in [0.4, 0.5) is 0 Å². The van der Waals surface area contributed by atoms with E-state index in [2.05, 4.69) is 20.5 Å². The van der Waals surface area contributed by atoms with Crippen LogP contribution in [0.15, 0.2) is 22.8 Å². The molecule has 1 aliphatic rings. The Hall–Kier alpha value is -2.48. The number of rotatable bonds is 6. The fourth-order valence-corrected chi connectivity index (χ4v) is 3.68. The Labute approximate surface area is 152 Å². The fourth-order valence-electron chi connectivity index (χ4n) is 3.68. The summed E-state index contributed by atoms with van der Waals surface area (Å²) in [5.41, 5.74) is 2.38. The largest absolute Gasteiger partial charge is 0.352 e. The molecule has 0 unspecified atom stereocenters. The minimum absolute atomic E-state index is 0.0355.